The molecule has 1 saturated heterocycles. The van der Waals surface area contributed by atoms with E-state index in [2.05, 4.69) is 25.6 Å². The fraction of sp³-hybridized carbons (Fsp3) is 0.435. The molecule has 3 heterocycles. The van der Waals surface area contributed by atoms with Crippen LogP contribution in [-0.2, 0) is 35.5 Å². The SMILES string of the molecule is C/C(=N\OCc1ccc(C(F)(F)F)cc1)c1ccc(OCc2nnn(CC3CCOCC3)n2)nc1. The molecule has 35 heavy (non-hydrogen) atoms. The van der Waals surface area contributed by atoms with E-state index in [1.807, 2.05) is 0 Å². The van der Waals surface area contributed by atoms with Gasteiger partial charge < -0.3 is 14.3 Å². The number of hydrogen-bond acceptors (Lipinski definition) is 8. The zero-order valence-electron chi connectivity index (χ0n) is 19.1. The van der Waals surface area contributed by atoms with Crippen LogP contribution in [0, 0.1) is 5.92 Å². The van der Waals surface area contributed by atoms with Crippen LogP contribution in [0.5, 0.6) is 5.88 Å². The van der Waals surface area contributed by atoms with E-state index in [1.54, 1.807) is 30.0 Å². The average molecular weight is 490 g/mol. The van der Waals surface area contributed by atoms with Gasteiger partial charge in [0.15, 0.2) is 6.61 Å². The number of tetrazole rings is 1. The second-order valence-electron chi connectivity index (χ2n) is 8.13. The number of halogens is 3. The lowest BCUT2D eigenvalue weighted by atomic mass is 10.0. The Balaban J connectivity index is 1.23. The van der Waals surface area contributed by atoms with Gasteiger partial charge in [-0.3, -0.25) is 0 Å². The number of ether oxygens (including phenoxy) is 2. The topological polar surface area (TPSA) is 96.5 Å². The van der Waals surface area contributed by atoms with Crippen molar-refractivity contribution in [1.82, 2.24) is 25.2 Å². The maximum absolute atomic E-state index is 12.6. The Labute approximate surface area is 199 Å². The second kappa shape index (κ2) is 11.3. The minimum Gasteiger partial charge on any atom is -0.469 e. The summed E-state index contributed by atoms with van der Waals surface area (Å²) in [4.78, 5) is 11.1. The average Bonchev–Trinajstić information content (AvgIpc) is 3.30. The van der Waals surface area contributed by atoms with Gasteiger partial charge in [0.25, 0.3) is 0 Å². The maximum atomic E-state index is 12.6. The second-order valence-corrected chi connectivity index (χ2v) is 8.13. The highest BCUT2D eigenvalue weighted by Gasteiger charge is 2.29. The number of benzene rings is 1. The van der Waals surface area contributed by atoms with Gasteiger partial charge in [-0.2, -0.15) is 18.0 Å². The Kier molecular flexibility index (Phi) is 7.91. The first kappa shape index (κ1) is 24.6. The van der Waals surface area contributed by atoms with Crippen molar-refractivity contribution >= 4 is 5.71 Å². The minimum absolute atomic E-state index is 0.0479. The van der Waals surface area contributed by atoms with E-state index in [9.17, 15) is 13.2 Å². The van der Waals surface area contributed by atoms with Crippen molar-refractivity contribution < 1.29 is 27.5 Å². The molecule has 0 aliphatic carbocycles. The van der Waals surface area contributed by atoms with Gasteiger partial charge in [-0.05, 0) is 54.7 Å². The van der Waals surface area contributed by atoms with Gasteiger partial charge in [-0.15, -0.1) is 10.2 Å². The van der Waals surface area contributed by atoms with Crippen LogP contribution in [0.1, 0.15) is 42.3 Å². The number of hydrogen-bond donors (Lipinski definition) is 0. The molecule has 4 rings (SSSR count). The number of oxime groups is 1. The van der Waals surface area contributed by atoms with Crippen molar-refractivity contribution in [3.05, 3.63) is 65.1 Å². The molecule has 1 fully saturated rings. The van der Waals surface area contributed by atoms with Crippen molar-refractivity contribution in [2.45, 2.75) is 45.7 Å². The third-order valence-electron chi connectivity index (χ3n) is 5.47. The standard InChI is InChI=1S/C23H25F3N6O3/c1-16(30-35-14-18-2-5-20(6-3-18)23(24,25)26)19-4-7-22(27-12-19)34-15-21-28-31-32(29-21)13-17-8-10-33-11-9-17/h2-7,12,17H,8-11,13-15H2,1H3/b30-16+. The monoisotopic (exact) mass is 490 g/mol. The smallest absolute Gasteiger partial charge is 0.416 e. The lowest BCUT2D eigenvalue weighted by Gasteiger charge is -2.20. The van der Waals surface area contributed by atoms with Crippen molar-refractivity contribution in [2.75, 3.05) is 13.2 Å². The molecule has 0 spiro atoms. The largest absolute Gasteiger partial charge is 0.469 e. The Hall–Kier alpha value is -3.54. The zero-order chi connectivity index (χ0) is 24.7. The van der Waals surface area contributed by atoms with Gasteiger partial charge in [0.2, 0.25) is 11.7 Å². The van der Waals surface area contributed by atoms with Crippen LogP contribution in [0.4, 0.5) is 13.2 Å². The predicted octanol–water partition coefficient (Wildman–Crippen LogP) is 4.03. The molecule has 1 aliphatic heterocycles. The summed E-state index contributed by atoms with van der Waals surface area (Å²) in [5, 5.41) is 16.5. The van der Waals surface area contributed by atoms with Crippen LogP contribution in [-0.4, -0.2) is 44.1 Å². The van der Waals surface area contributed by atoms with Crippen LogP contribution in [0.15, 0.2) is 47.8 Å². The molecular weight excluding hydrogens is 465 g/mol. The highest BCUT2D eigenvalue weighted by Crippen LogP contribution is 2.29. The fourth-order valence-electron chi connectivity index (χ4n) is 3.44. The van der Waals surface area contributed by atoms with E-state index in [4.69, 9.17) is 14.3 Å². The third-order valence-corrected chi connectivity index (χ3v) is 5.47. The fourth-order valence-corrected chi connectivity index (χ4v) is 3.44. The van der Waals surface area contributed by atoms with Gasteiger partial charge in [0.1, 0.15) is 6.61 Å². The van der Waals surface area contributed by atoms with Crippen LogP contribution in [0.2, 0.25) is 0 Å². The first-order valence-electron chi connectivity index (χ1n) is 11.1. The van der Waals surface area contributed by atoms with E-state index in [-0.39, 0.29) is 13.2 Å². The summed E-state index contributed by atoms with van der Waals surface area (Å²) in [5.74, 6) is 1.36. The Bertz CT molecular complexity index is 1110. The van der Waals surface area contributed by atoms with E-state index in [0.717, 1.165) is 38.2 Å². The van der Waals surface area contributed by atoms with Crippen LogP contribution >= 0.6 is 0 Å². The normalized spacial score (nSPS) is 15.3. The van der Waals surface area contributed by atoms with Crippen molar-refractivity contribution in [2.24, 2.45) is 11.1 Å². The van der Waals surface area contributed by atoms with Gasteiger partial charge in [-0.1, -0.05) is 17.3 Å². The zero-order valence-corrected chi connectivity index (χ0v) is 19.1. The molecule has 0 atom stereocenters. The molecule has 0 amide bonds. The number of alkyl halides is 3. The quantitative estimate of drug-likeness (QED) is 0.330. The summed E-state index contributed by atoms with van der Waals surface area (Å²) in [6, 6.07) is 8.22. The lowest BCUT2D eigenvalue weighted by Crippen LogP contribution is -2.21. The summed E-state index contributed by atoms with van der Waals surface area (Å²) in [7, 11) is 0. The summed E-state index contributed by atoms with van der Waals surface area (Å²) in [6.45, 7) is 4.18. The number of pyridine rings is 1. The molecule has 0 N–H and O–H groups in total. The number of aromatic nitrogens is 5. The van der Waals surface area contributed by atoms with Crippen molar-refractivity contribution in [3.63, 3.8) is 0 Å². The molecule has 186 valence electrons. The predicted molar refractivity (Wildman–Crippen MR) is 118 cm³/mol. The third kappa shape index (κ3) is 7.22. The molecule has 1 aliphatic rings. The molecule has 0 unspecified atom stereocenters. The van der Waals surface area contributed by atoms with E-state index >= 15 is 0 Å². The summed E-state index contributed by atoms with van der Waals surface area (Å²) in [6.07, 6.45) is -0.791. The van der Waals surface area contributed by atoms with Gasteiger partial charge in [-0.25, -0.2) is 4.98 Å². The molecule has 0 saturated carbocycles. The molecule has 12 heteroatoms. The van der Waals surface area contributed by atoms with Gasteiger partial charge in [0, 0.05) is 31.0 Å². The minimum atomic E-state index is -4.36. The molecule has 1 aromatic carbocycles. The van der Waals surface area contributed by atoms with Crippen molar-refractivity contribution in [1.29, 1.82) is 0 Å². The maximum Gasteiger partial charge on any atom is 0.416 e. The molecule has 3 aromatic rings. The first-order valence-corrected chi connectivity index (χ1v) is 11.1. The van der Waals surface area contributed by atoms with Crippen LogP contribution in [0.25, 0.3) is 0 Å². The van der Waals surface area contributed by atoms with E-state index in [1.165, 1.54) is 12.1 Å². The summed E-state index contributed by atoms with van der Waals surface area (Å²) in [5.41, 5.74) is 1.15. The summed E-state index contributed by atoms with van der Waals surface area (Å²) < 4.78 is 48.9. The Morgan fingerprint density at radius 3 is 2.57 bits per heavy atom. The Morgan fingerprint density at radius 2 is 1.89 bits per heavy atom. The van der Waals surface area contributed by atoms with Gasteiger partial charge >= 0.3 is 6.18 Å². The molecule has 0 radical (unpaired) electrons. The van der Waals surface area contributed by atoms with E-state index < -0.39 is 11.7 Å². The van der Waals surface area contributed by atoms with Gasteiger partial charge in [0.05, 0.1) is 17.8 Å². The number of rotatable bonds is 9. The molecule has 0 bridgehead atoms. The van der Waals surface area contributed by atoms with E-state index in [0.29, 0.717) is 41.0 Å². The van der Waals surface area contributed by atoms with Crippen molar-refractivity contribution in [3.8, 4) is 5.88 Å². The molecular formula is C23H25F3N6O3. The van der Waals surface area contributed by atoms with Crippen LogP contribution < -0.4 is 4.74 Å². The Morgan fingerprint density at radius 1 is 1.11 bits per heavy atom. The molecule has 2 aromatic heterocycles. The van der Waals surface area contributed by atoms with Crippen LogP contribution in [0.3, 0.4) is 0 Å². The molecule has 9 nitrogen and oxygen atoms in total. The highest BCUT2D eigenvalue weighted by molar-refractivity contribution is 5.98. The highest BCUT2D eigenvalue weighted by atomic mass is 19.4. The summed E-state index contributed by atoms with van der Waals surface area (Å²) >= 11 is 0. The lowest BCUT2D eigenvalue weighted by molar-refractivity contribution is -0.137. The first-order chi connectivity index (χ1) is 16.9. The number of nitrogens with zero attached hydrogens (tertiary/aromatic N) is 6.